The average Bonchev–Trinajstić information content (AvgIpc) is 3.52. The van der Waals surface area contributed by atoms with Crippen molar-refractivity contribution >= 4 is 23.2 Å². The van der Waals surface area contributed by atoms with Crippen LogP contribution in [-0.4, -0.2) is 29.4 Å². The summed E-state index contributed by atoms with van der Waals surface area (Å²) in [5.41, 5.74) is 4.16. The molecule has 4 aromatic rings. The number of rotatable bonds is 3. The molecular weight excluding hydrogens is 406 g/mol. The van der Waals surface area contributed by atoms with E-state index in [9.17, 15) is 9.59 Å². The van der Waals surface area contributed by atoms with Gasteiger partial charge < -0.3 is 18.6 Å². The lowest BCUT2D eigenvalue weighted by Gasteiger charge is -2.40. The maximum atomic E-state index is 13.2. The molecule has 0 fully saturated rings. The molecule has 7 nitrogen and oxygen atoms in total. The van der Waals surface area contributed by atoms with Crippen molar-refractivity contribution in [2.45, 2.75) is 19.9 Å². The average molecular weight is 427 g/mol. The van der Waals surface area contributed by atoms with E-state index in [-0.39, 0.29) is 23.6 Å². The van der Waals surface area contributed by atoms with Crippen LogP contribution >= 0.6 is 0 Å². The number of benzene rings is 2. The van der Waals surface area contributed by atoms with Crippen LogP contribution in [0.5, 0.6) is 0 Å². The van der Waals surface area contributed by atoms with Crippen LogP contribution in [0.2, 0.25) is 0 Å². The fourth-order valence-electron chi connectivity index (χ4n) is 4.18. The Morgan fingerprint density at radius 3 is 2.34 bits per heavy atom. The first-order chi connectivity index (χ1) is 15.5. The van der Waals surface area contributed by atoms with Gasteiger partial charge in [-0.1, -0.05) is 18.2 Å². The minimum atomic E-state index is -0.234. The molecule has 2 amide bonds. The van der Waals surface area contributed by atoms with Crippen LogP contribution in [0.3, 0.4) is 0 Å². The molecule has 3 heterocycles. The minimum absolute atomic E-state index is 0.0631. The molecule has 0 spiro atoms. The third kappa shape index (κ3) is 3.37. The number of hydrogen-bond donors (Lipinski definition) is 0. The van der Waals surface area contributed by atoms with Crippen LogP contribution in [0, 0.1) is 0 Å². The van der Waals surface area contributed by atoms with Crippen LogP contribution in [-0.2, 0) is 4.79 Å². The van der Waals surface area contributed by atoms with Crippen molar-refractivity contribution < 1.29 is 18.4 Å². The van der Waals surface area contributed by atoms with E-state index in [4.69, 9.17) is 8.83 Å². The van der Waals surface area contributed by atoms with E-state index < -0.39 is 0 Å². The van der Waals surface area contributed by atoms with Crippen molar-refractivity contribution in [2.24, 2.45) is 0 Å². The summed E-state index contributed by atoms with van der Waals surface area (Å²) in [5, 5.41) is 0. The molecule has 32 heavy (non-hydrogen) atoms. The predicted molar refractivity (Wildman–Crippen MR) is 120 cm³/mol. The smallest absolute Gasteiger partial charge is 0.294 e. The lowest BCUT2D eigenvalue weighted by Crippen LogP contribution is -2.51. The second-order valence-corrected chi connectivity index (χ2v) is 7.75. The molecule has 2 aromatic heterocycles. The Morgan fingerprint density at radius 1 is 0.938 bits per heavy atom. The Balaban J connectivity index is 1.57. The fraction of sp³-hybridized carbons (Fsp3) is 0.160. The molecule has 0 radical (unpaired) electrons. The van der Waals surface area contributed by atoms with Gasteiger partial charge in [-0.3, -0.25) is 9.59 Å². The maximum Gasteiger partial charge on any atom is 0.294 e. The number of nitrogens with zero attached hydrogens (tertiary/aromatic N) is 3. The number of fused-ring (bicyclic) bond motifs is 1. The molecule has 0 saturated carbocycles. The molecule has 0 N–H and O–H groups in total. The van der Waals surface area contributed by atoms with Gasteiger partial charge in [0.05, 0.1) is 29.9 Å². The third-order valence-electron chi connectivity index (χ3n) is 5.63. The van der Waals surface area contributed by atoms with Gasteiger partial charge in [0.25, 0.3) is 5.91 Å². The number of aromatic nitrogens is 1. The molecule has 1 aliphatic heterocycles. The number of carbonyl (C=O) groups excluding carboxylic acids is 2. The van der Waals surface area contributed by atoms with Crippen molar-refractivity contribution in [1.29, 1.82) is 0 Å². The van der Waals surface area contributed by atoms with Gasteiger partial charge in [-0.25, -0.2) is 4.98 Å². The number of amides is 2. The molecule has 0 aliphatic carbocycles. The number of carbonyl (C=O) groups is 2. The quantitative estimate of drug-likeness (QED) is 0.459. The zero-order valence-electron chi connectivity index (χ0n) is 17.7. The molecule has 0 saturated heterocycles. The van der Waals surface area contributed by atoms with Crippen molar-refractivity contribution in [2.75, 3.05) is 16.3 Å². The fourth-order valence-corrected chi connectivity index (χ4v) is 4.18. The van der Waals surface area contributed by atoms with Crippen molar-refractivity contribution in [3.8, 4) is 22.6 Å². The first-order valence-corrected chi connectivity index (χ1v) is 10.3. The van der Waals surface area contributed by atoms with Gasteiger partial charge in [-0.15, -0.1) is 0 Å². The Hall–Kier alpha value is -4.13. The summed E-state index contributed by atoms with van der Waals surface area (Å²) in [5.74, 6) is 0.526. The highest BCUT2D eigenvalue weighted by molar-refractivity contribution is 6.10. The Kier molecular flexibility index (Phi) is 4.86. The first-order valence-electron chi connectivity index (χ1n) is 10.3. The lowest BCUT2D eigenvalue weighted by molar-refractivity contribution is -0.117. The number of oxazole rings is 1. The zero-order valence-corrected chi connectivity index (χ0v) is 17.7. The highest BCUT2D eigenvalue weighted by Gasteiger charge is 2.35. The van der Waals surface area contributed by atoms with Gasteiger partial charge in [0.1, 0.15) is 6.26 Å². The van der Waals surface area contributed by atoms with Crippen LogP contribution in [0.15, 0.2) is 82.2 Å². The topological polar surface area (TPSA) is 79.8 Å². The Labute approximate surface area is 184 Å². The van der Waals surface area contributed by atoms with Crippen molar-refractivity contribution in [1.82, 2.24) is 4.98 Å². The number of hydrogen-bond acceptors (Lipinski definition) is 5. The van der Waals surface area contributed by atoms with E-state index in [0.717, 1.165) is 16.7 Å². The van der Waals surface area contributed by atoms with E-state index in [2.05, 4.69) is 4.98 Å². The molecule has 0 bridgehead atoms. The summed E-state index contributed by atoms with van der Waals surface area (Å²) >= 11 is 0. The molecule has 1 aliphatic rings. The maximum absolute atomic E-state index is 13.2. The summed E-state index contributed by atoms with van der Waals surface area (Å²) in [4.78, 5) is 33.1. The van der Waals surface area contributed by atoms with Gasteiger partial charge in [0.2, 0.25) is 11.8 Å². The molecule has 5 rings (SSSR count). The highest BCUT2D eigenvalue weighted by atomic mass is 16.3. The van der Waals surface area contributed by atoms with Gasteiger partial charge in [0, 0.05) is 19.0 Å². The third-order valence-corrected chi connectivity index (χ3v) is 5.63. The van der Waals surface area contributed by atoms with Gasteiger partial charge in [-0.05, 0) is 54.4 Å². The normalized spacial score (nSPS) is 15.5. The first kappa shape index (κ1) is 19.8. The van der Waals surface area contributed by atoms with Crippen LogP contribution in [0.1, 0.15) is 24.4 Å². The van der Waals surface area contributed by atoms with Crippen LogP contribution in [0.25, 0.3) is 22.6 Å². The molecular formula is C25H21N3O4. The molecule has 1 atom stereocenters. The standard InChI is InChI=1S/C25H21N3O4/c1-16-15-27(25(30)23-4-3-12-31-23)22-14-20(9-10-21(22)28(16)17(2)29)18-5-7-19(8-6-18)24-26-11-13-32-24/h3-14,16H,15H2,1-2H3/t16-/m0/s1. The molecule has 0 unspecified atom stereocenters. The van der Waals surface area contributed by atoms with E-state index >= 15 is 0 Å². The van der Waals surface area contributed by atoms with E-state index in [1.807, 2.05) is 49.4 Å². The highest BCUT2D eigenvalue weighted by Crippen LogP contribution is 2.39. The summed E-state index contributed by atoms with van der Waals surface area (Å²) in [6, 6.07) is 16.8. The van der Waals surface area contributed by atoms with Gasteiger partial charge in [-0.2, -0.15) is 0 Å². The summed E-state index contributed by atoms with van der Waals surface area (Å²) in [6.07, 6.45) is 4.63. The second-order valence-electron chi connectivity index (χ2n) is 7.75. The minimum Gasteiger partial charge on any atom is -0.459 e. The van der Waals surface area contributed by atoms with Gasteiger partial charge >= 0.3 is 0 Å². The Bertz CT molecular complexity index is 1260. The van der Waals surface area contributed by atoms with Crippen molar-refractivity contribution in [3.63, 3.8) is 0 Å². The largest absolute Gasteiger partial charge is 0.459 e. The van der Waals surface area contributed by atoms with E-state index in [0.29, 0.717) is 23.8 Å². The van der Waals surface area contributed by atoms with Gasteiger partial charge in [0.15, 0.2) is 5.76 Å². The zero-order chi connectivity index (χ0) is 22.2. The molecule has 2 aromatic carbocycles. The van der Waals surface area contributed by atoms with E-state index in [1.165, 1.54) is 6.26 Å². The van der Waals surface area contributed by atoms with E-state index in [1.54, 1.807) is 41.3 Å². The predicted octanol–water partition coefficient (Wildman–Crippen LogP) is 5.00. The summed E-state index contributed by atoms with van der Waals surface area (Å²) in [7, 11) is 0. The summed E-state index contributed by atoms with van der Waals surface area (Å²) < 4.78 is 10.7. The van der Waals surface area contributed by atoms with Crippen LogP contribution in [0.4, 0.5) is 11.4 Å². The van der Waals surface area contributed by atoms with Crippen LogP contribution < -0.4 is 9.80 Å². The lowest BCUT2D eigenvalue weighted by atomic mass is 9.99. The Morgan fingerprint density at radius 2 is 1.69 bits per heavy atom. The number of anilines is 2. The second kappa shape index (κ2) is 7.85. The molecule has 160 valence electrons. The summed E-state index contributed by atoms with van der Waals surface area (Å²) in [6.45, 7) is 3.85. The van der Waals surface area contributed by atoms with Crippen molar-refractivity contribution in [3.05, 3.63) is 79.1 Å². The molecule has 7 heteroatoms. The monoisotopic (exact) mass is 427 g/mol. The SMILES string of the molecule is CC(=O)N1c2ccc(-c3ccc(-c4ncco4)cc3)cc2N(C(=O)c2ccco2)C[C@@H]1C. The number of furan rings is 1.